The van der Waals surface area contributed by atoms with Gasteiger partial charge in [0, 0.05) is 30.7 Å². The number of aliphatic imine (C=N–C) groups is 1. The van der Waals surface area contributed by atoms with Crippen molar-refractivity contribution < 1.29 is 0 Å². The van der Waals surface area contributed by atoms with Crippen LogP contribution < -0.4 is 10.6 Å². The fourth-order valence-electron chi connectivity index (χ4n) is 2.49. The Bertz CT molecular complexity index is 687. The number of thiazole rings is 1. The van der Waals surface area contributed by atoms with Crippen LogP contribution in [0.25, 0.3) is 0 Å². The third-order valence-corrected chi connectivity index (χ3v) is 4.98. The van der Waals surface area contributed by atoms with Gasteiger partial charge in [-0.2, -0.15) is 5.10 Å². The van der Waals surface area contributed by atoms with Crippen LogP contribution in [0.15, 0.2) is 11.1 Å². The van der Waals surface area contributed by atoms with Gasteiger partial charge in [-0.25, -0.2) is 4.98 Å². The summed E-state index contributed by atoms with van der Waals surface area (Å²) in [6.07, 6.45) is 0. The summed E-state index contributed by atoms with van der Waals surface area (Å²) >= 11 is 1.73. The number of aryl methyl sites for hydroxylation is 4. The quantitative estimate of drug-likeness (QED) is 0.382. The minimum Gasteiger partial charge on any atom is -0.356 e. The van der Waals surface area contributed by atoms with Gasteiger partial charge in [-0.1, -0.05) is 6.92 Å². The third kappa shape index (κ3) is 6.58. The van der Waals surface area contributed by atoms with Gasteiger partial charge in [0.25, 0.3) is 0 Å². The van der Waals surface area contributed by atoms with E-state index in [9.17, 15) is 0 Å². The summed E-state index contributed by atoms with van der Waals surface area (Å²) in [7, 11) is 1.79. The molecule has 2 heterocycles. The number of nitrogens with one attached hydrogen (secondary N) is 2. The number of hydrogen-bond donors (Lipinski definition) is 2. The van der Waals surface area contributed by atoms with E-state index in [-0.39, 0.29) is 24.0 Å². The smallest absolute Gasteiger partial charge is 0.191 e. The second-order valence-electron chi connectivity index (χ2n) is 6.27. The van der Waals surface area contributed by atoms with Crippen LogP contribution in [0.3, 0.4) is 0 Å². The molecule has 6 nitrogen and oxygen atoms in total. The molecule has 0 aliphatic carbocycles. The predicted octanol–water partition coefficient (Wildman–Crippen LogP) is 3.19. The van der Waals surface area contributed by atoms with Crippen molar-refractivity contribution in [1.82, 2.24) is 25.4 Å². The van der Waals surface area contributed by atoms with Gasteiger partial charge < -0.3 is 10.6 Å². The Morgan fingerprint density at radius 3 is 2.52 bits per heavy atom. The minimum absolute atomic E-state index is 0. The normalized spacial score (nSPS) is 12.6. The summed E-state index contributed by atoms with van der Waals surface area (Å²) in [6, 6.07) is 2.11. The van der Waals surface area contributed by atoms with Gasteiger partial charge in [0.05, 0.1) is 17.9 Å². The summed E-state index contributed by atoms with van der Waals surface area (Å²) in [5, 5.41) is 12.3. The van der Waals surface area contributed by atoms with Crippen LogP contribution in [0.5, 0.6) is 0 Å². The maximum absolute atomic E-state index is 4.54. The highest BCUT2D eigenvalue weighted by Crippen LogP contribution is 2.15. The molecule has 140 valence electrons. The van der Waals surface area contributed by atoms with Crippen LogP contribution >= 0.6 is 35.3 Å². The van der Waals surface area contributed by atoms with Gasteiger partial charge in [0.2, 0.25) is 0 Å². The largest absolute Gasteiger partial charge is 0.356 e. The zero-order chi connectivity index (χ0) is 17.7. The second-order valence-corrected chi connectivity index (χ2v) is 7.56. The molecule has 2 aromatic heterocycles. The Hall–Kier alpha value is -1.16. The molecule has 8 heteroatoms. The Kier molecular flexibility index (Phi) is 8.84. The minimum atomic E-state index is 0. The first kappa shape index (κ1) is 21.9. The first-order valence-electron chi connectivity index (χ1n) is 8.27. The molecule has 1 atom stereocenters. The van der Waals surface area contributed by atoms with Gasteiger partial charge in [-0.3, -0.25) is 9.67 Å². The average molecular weight is 476 g/mol. The van der Waals surface area contributed by atoms with Crippen molar-refractivity contribution in [2.75, 3.05) is 13.6 Å². The lowest BCUT2D eigenvalue weighted by Crippen LogP contribution is -2.39. The number of rotatable bonds is 6. The number of hydrogen-bond acceptors (Lipinski definition) is 4. The van der Waals surface area contributed by atoms with Gasteiger partial charge >= 0.3 is 0 Å². The fraction of sp³-hybridized carbons (Fsp3) is 0.588. The highest BCUT2D eigenvalue weighted by Gasteiger charge is 2.09. The van der Waals surface area contributed by atoms with Gasteiger partial charge in [-0.15, -0.1) is 35.3 Å². The molecule has 0 radical (unpaired) electrons. The lowest BCUT2D eigenvalue weighted by atomic mass is 10.2. The summed E-state index contributed by atoms with van der Waals surface area (Å²) in [5.74, 6) is 1.26. The molecule has 25 heavy (non-hydrogen) atoms. The van der Waals surface area contributed by atoms with Crippen molar-refractivity contribution in [3.8, 4) is 0 Å². The first-order chi connectivity index (χ1) is 11.4. The van der Waals surface area contributed by atoms with E-state index >= 15 is 0 Å². The molecule has 0 saturated carbocycles. The molecular formula is C17H29IN6S. The lowest BCUT2D eigenvalue weighted by Gasteiger charge is -2.16. The molecule has 0 aromatic carbocycles. The number of nitrogens with zero attached hydrogens (tertiary/aromatic N) is 4. The standard InChI is InChI=1S/C17H28N6S.HI/c1-11(10-23-13(3)7-12(2)22-23)8-19-17(18-6)20-9-16-21-14(4)15(5)24-16;/h7,11H,8-10H2,1-6H3,(H2,18,19,20);1H. The van der Waals surface area contributed by atoms with E-state index in [1.54, 1.807) is 18.4 Å². The van der Waals surface area contributed by atoms with E-state index in [1.165, 1.54) is 10.6 Å². The molecule has 1 unspecified atom stereocenters. The Balaban J connectivity index is 0.00000312. The molecule has 2 N–H and O–H groups in total. The summed E-state index contributed by atoms with van der Waals surface area (Å²) in [6.45, 7) is 12.9. The molecule has 0 amide bonds. The van der Waals surface area contributed by atoms with E-state index in [4.69, 9.17) is 0 Å². The van der Waals surface area contributed by atoms with Crippen LogP contribution in [0.2, 0.25) is 0 Å². The summed E-state index contributed by atoms with van der Waals surface area (Å²) in [4.78, 5) is 10.1. The Morgan fingerprint density at radius 2 is 2.00 bits per heavy atom. The van der Waals surface area contributed by atoms with Crippen LogP contribution in [-0.4, -0.2) is 34.3 Å². The average Bonchev–Trinajstić information content (AvgIpc) is 3.01. The third-order valence-electron chi connectivity index (χ3n) is 3.91. The van der Waals surface area contributed by atoms with E-state index in [2.05, 4.69) is 57.2 Å². The first-order valence-corrected chi connectivity index (χ1v) is 9.09. The van der Waals surface area contributed by atoms with Crippen molar-refractivity contribution in [1.29, 1.82) is 0 Å². The fourth-order valence-corrected chi connectivity index (χ4v) is 3.36. The number of halogens is 1. The topological polar surface area (TPSA) is 67.1 Å². The predicted molar refractivity (Wildman–Crippen MR) is 116 cm³/mol. The molecule has 0 spiro atoms. The number of aromatic nitrogens is 3. The molecule has 0 aliphatic rings. The van der Waals surface area contributed by atoms with Crippen molar-refractivity contribution in [3.63, 3.8) is 0 Å². The maximum atomic E-state index is 4.54. The van der Waals surface area contributed by atoms with E-state index in [0.29, 0.717) is 12.5 Å². The van der Waals surface area contributed by atoms with Gasteiger partial charge in [-0.05, 0) is 39.7 Å². The highest BCUT2D eigenvalue weighted by atomic mass is 127. The Labute approximate surface area is 171 Å². The molecule has 0 bridgehead atoms. The second kappa shape index (κ2) is 10.1. The monoisotopic (exact) mass is 476 g/mol. The Morgan fingerprint density at radius 1 is 1.28 bits per heavy atom. The van der Waals surface area contributed by atoms with Crippen molar-refractivity contribution in [2.45, 2.75) is 47.7 Å². The maximum Gasteiger partial charge on any atom is 0.191 e. The van der Waals surface area contributed by atoms with Crippen LogP contribution in [0.1, 0.15) is 33.9 Å². The zero-order valence-corrected chi connectivity index (χ0v) is 19.0. The lowest BCUT2D eigenvalue weighted by molar-refractivity contribution is 0.436. The molecule has 0 saturated heterocycles. The van der Waals surface area contributed by atoms with Crippen LogP contribution in [0, 0.1) is 33.6 Å². The van der Waals surface area contributed by atoms with E-state index in [0.717, 1.165) is 35.4 Å². The molecule has 2 rings (SSSR count). The van der Waals surface area contributed by atoms with Crippen molar-refractivity contribution in [2.24, 2.45) is 10.9 Å². The van der Waals surface area contributed by atoms with E-state index in [1.807, 2.05) is 13.8 Å². The SMILES string of the molecule is CN=C(NCc1nc(C)c(C)s1)NCC(C)Cn1nc(C)cc1C.I. The molecule has 0 aliphatic heterocycles. The van der Waals surface area contributed by atoms with Crippen molar-refractivity contribution >= 4 is 41.3 Å². The van der Waals surface area contributed by atoms with Crippen LogP contribution in [0.4, 0.5) is 0 Å². The van der Waals surface area contributed by atoms with E-state index < -0.39 is 0 Å². The zero-order valence-electron chi connectivity index (χ0n) is 15.9. The highest BCUT2D eigenvalue weighted by molar-refractivity contribution is 14.0. The molecular weight excluding hydrogens is 447 g/mol. The number of guanidine groups is 1. The van der Waals surface area contributed by atoms with Gasteiger partial charge in [0.1, 0.15) is 5.01 Å². The summed E-state index contributed by atoms with van der Waals surface area (Å²) < 4.78 is 2.07. The van der Waals surface area contributed by atoms with Crippen molar-refractivity contribution in [3.05, 3.63) is 33.0 Å². The molecule has 0 fully saturated rings. The van der Waals surface area contributed by atoms with Gasteiger partial charge in [0.15, 0.2) is 5.96 Å². The molecule has 2 aromatic rings. The summed E-state index contributed by atoms with van der Waals surface area (Å²) in [5.41, 5.74) is 3.38. The van der Waals surface area contributed by atoms with Crippen LogP contribution in [-0.2, 0) is 13.1 Å².